The molecule has 16 heavy (non-hydrogen) atoms. The zero-order valence-corrected chi connectivity index (χ0v) is 8.93. The second-order valence-electron chi connectivity index (χ2n) is 3.61. The van der Waals surface area contributed by atoms with E-state index in [1.54, 1.807) is 13.2 Å². The second kappa shape index (κ2) is 4.23. The van der Waals surface area contributed by atoms with E-state index in [0.29, 0.717) is 6.42 Å². The van der Waals surface area contributed by atoms with Crippen LogP contribution in [-0.2, 0) is 4.79 Å². The first-order chi connectivity index (χ1) is 7.69. The Morgan fingerprint density at radius 1 is 1.19 bits per heavy atom. The molecule has 0 aliphatic heterocycles. The summed E-state index contributed by atoms with van der Waals surface area (Å²) in [5.41, 5.74) is 1.75. The molecule has 1 aromatic rings. The van der Waals surface area contributed by atoms with Crippen molar-refractivity contribution in [2.75, 3.05) is 7.11 Å². The van der Waals surface area contributed by atoms with Crippen molar-refractivity contribution in [3.8, 4) is 5.75 Å². The number of aliphatic hydroxyl groups excluding tert-OH is 1. The van der Waals surface area contributed by atoms with Crippen LogP contribution in [0.25, 0.3) is 5.57 Å². The standard InChI is InChI=1S/C13H12O3/c1-16-13-4-2-9(3-5-13)10-6-11(14)8-12(15)7-10/h2-6,8,14H,7H2,1H3. The molecule has 1 aliphatic carbocycles. The predicted molar refractivity (Wildman–Crippen MR) is 61.3 cm³/mol. The molecule has 0 unspecified atom stereocenters. The Kier molecular flexibility index (Phi) is 2.77. The van der Waals surface area contributed by atoms with E-state index in [1.165, 1.54) is 6.08 Å². The molecule has 0 amide bonds. The van der Waals surface area contributed by atoms with Crippen LogP contribution in [-0.4, -0.2) is 18.0 Å². The summed E-state index contributed by atoms with van der Waals surface area (Å²) in [5.74, 6) is 0.708. The summed E-state index contributed by atoms with van der Waals surface area (Å²) >= 11 is 0. The minimum atomic E-state index is -0.0779. The number of benzene rings is 1. The molecule has 0 radical (unpaired) electrons. The summed E-state index contributed by atoms with van der Waals surface area (Å²) in [5, 5.41) is 9.35. The van der Waals surface area contributed by atoms with Crippen LogP contribution in [0.2, 0.25) is 0 Å². The SMILES string of the molecule is COc1ccc(C2=CC(O)=CC(=O)C2)cc1. The fraction of sp³-hybridized carbons (Fsp3) is 0.154. The quantitative estimate of drug-likeness (QED) is 0.826. The highest BCUT2D eigenvalue weighted by molar-refractivity contribution is 6.00. The molecule has 0 saturated carbocycles. The highest BCUT2D eigenvalue weighted by Gasteiger charge is 2.12. The highest BCUT2D eigenvalue weighted by Crippen LogP contribution is 2.25. The Labute approximate surface area is 93.7 Å². The van der Waals surface area contributed by atoms with Gasteiger partial charge in [0, 0.05) is 12.5 Å². The Bertz CT molecular complexity index is 466. The van der Waals surface area contributed by atoms with Crippen molar-refractivity contribution in [2.45, 2.75) is 6.42 Å². The van der Waals surface area contributed by atoms with Crippen molar-refractivity contribution in [1.82, 2.24) is 0 Å². The molecule has 3 heteroatoms. The number of methoxy groups -OCH3 is 1. The molecule has 0 aromatic heterocycles. The van der Waals surface area contributed by atoms with Crippen LogP contribution >= 0.6 is 0 Å². The van der Waals surface area contributed by atoms with Gasteiger partial charge in [-0.2, -0.15) is 0 Å². The fourth-order valence-electron chi connectivity index (χ4n) is 1.67. The van der Waals surface area contributed by atoms with Crippen molar-refractivity contribution in [1.29, 1.82) is 0 Å². The number of carbonyl (C=O) groups excluding carboxylic acids is 1. The van der Waals surface area contributed by atoms with E-state index in [2.05, 4.69) is 0 Å². The summed E-state index contributed by atoms with van der Waals surface area (Å²) in [6.07, 6.45) is 3.19. The molecule has 2 rings (SSSR count). The first kappa shape index (κ1) is 10.5. The summed E-state index contributed by atoms with van der Waals surface area (Å²) < 4.78 is 5.05. The van der Waals surface area contributed by atoms with Crippen LogP contribution in [0, 0.1) is 0 Å². The summed E-state index contributed by atoms with van der Waals surface area (Å²) in [6, 6.07) is 7.40. The fourth-order valence-corrected chi connectivity index (χ4v) is 1.67. The van der Waals surface area contributed by atoms with Gasteiger partial charge in [-0.05, 0) is 29.3 Å². The van der Waals surface area contributed by atoms with E-state index in [1.807, 2.05) is 24.3 Å². The van der Waals surface area contributed by atoms with E-state index >= 15 is 0 Å². The molecular weight excluding hydrogens is 204 g/mol. The van der Waals surface area contributed by atoms with Crippen LogP contribution < -0.4 is 4.74 Å². The maximum atomic E-state index is 11.3. The Balaban J connectivity index is 2.30. The molecule has 0 atom stereocenters. The lowest BCUT2D eigenvalue weighted by atomic mass is 9.96. The van der Waals surface area contributed by atoms with Gasteiger partial charge in [-0.25, -0.2) is 0 Å². The van der Waals surface area contributed by atoms with E-state index in [-0.39, 0.29) is 11.5 Å². The van der Waals surface area contributed by atoms with Gasteiger partial charge in [0.15, 0.2) is 5.78 Å². The zero-order valence-electron chi connectivity index (χ0n) is 8.93. The van der Waals surface area contributed by atoms with Crippen molar-refractivity contribution >= 4 is 11.4 Å². The zero-order chi connectivity index (χ0) is 11.5. The maximum absolute atomic E-state index is 11.3. The molecule has 0 spiro atoms. The third-order valence-electron chi connectivity index (χ3n) is 2.46. The minimum absolute atomic E-state index is 0.0158. The number of aliphatic hydroxyl groups is 1. The number of hydrogen-bond acceptors (Lipinski definition) is 3. The second-order valence-corrected chi connectivity index (χ2v) is 3.61. The third-order valence-corrected chi connectivity index (χ3v) is 2.46. The van der Waals surface area contributed by atoms with Crippen LogP contribution in [0.4, 0.5) is 0 Å². The average molecular weight is 216 g/mol. The summed E-state index contributed by atoms with van der Waals surface area (Å²) in [7, 11) is 1.60. The van der Waals surface area contributed by atoms with Gasteiger partial charge in [-0.15, -0.1) is 0 Å². The summed E-state index contributed by atoms with van der Waals surface area (Å²) in [4.78, 5) is 11.3. The van der Waals surface area contributed by atoms with Gasteiger partial charge >= 0.3 is 0 Å². The molecule has 82 valence electrons. The lowest BCUT2D eigenvalue weighted by molar-refractivity contribution is -0.113. The van der Waals surface area contributed by atoms with Crippen molar-refractivity contribution in [3.05, 3.63) is 47.7 Å². The van der Waals surface area contributed by atoms with Crippen LogP contribution in [0.3, 0.4) is 0 Å². The molecule has 0 heterocycles. The van der Waals surface area contributed by atoms with Crippen molar-refractivity contribution < 1.29 is 14.6 Å². The molecule has 3 nitrogen and oxygen atoms in total. The first-order valence-corrected chi connectivity index (χ1v) is 4.97. The van der Waals surface area contributed by atoms with Crippen LogP contribution in [0.1, 0.15) is 12.0 Å². The van der Waals surface area contributed by atoms with E-state index in [9.17, 15) is 9.90 Å². The summed E-state index contributed by atoms with van der Waals surface area (Å²) in [6.45, 7) is 0. The van der Waals surface area contributed by atoms with Gasteiger partial charge < -0.3 is 9.84 Å². The first-order valence-electron chi connectivity index (χ1n) is 4.97. The molecule has 0 bridgehead atoms. The van der Waals surface area contributed by atoms with Crippen molar-refractivity contribution in [2.24, 2.45) is 0 Å². The molecule has 1 aromatic carbocycles. The predicted octanol–water partition coefficient (Wildman–Crippen LogP) is 2.49. The third kappa shape index (κ3) is 2.14. The molecule has 0 saturated heterocycles. The molecule has 1 N–H and O–H groups in total. The monoisotopic (exact) mass is 216 g/mol. The number of allylic oxidation sites excluding steroid dienone is 3. The Hall–Kier alpha value is -2.03. The minimum Gasteiger partial charge on any atom is -0.508 e. The van der Waals surface area contributed by atoms with Crippen LogP contribution in [0.5, 0.6) is 5.75 Å². The number of hydrogen-bond donors (Lipinski definition) is 1. The van der Waals surface area contributed by atoms with Gasteiger partial charge in [-0.1, -0.05) is 12.1 Å². The number of carbonyl (C=O) groups is 1. The number of rotatable bonds is 2. The Morgan fingerprint density at radius 2 is 1.88 bits per heavy atom. The largest absolute Gasteiger partial charge is 0.508 e. The maximum Gasteiger partial charge on any atom is 0.163 e. The highest BCUT2D eigenvalue weighted by atomic mass is 16.5. The molecular formula is C13H12O3. The average Bonchev–Trinajstić information content (AvgIpc) is 2.28. The van der Waals surface area contributed by atoms with Gasteiger partial charge in [0.1, 0.15) is 11.5 Å². The van der Waals surface area contributed by atoms with Crippen molar-refractivity contribution in [3.63, 3.8) is 0 Å². The number of ketones is 1. The van der Waals surface area contributed by atoms with E-state index < -0.39 is 0 Å². The van der Waals surface area contributed by atoms with Gasteiger partial charge in [0.25, 0.3) is 0 Å². The normalized spacial score (nSPS) is 15.4. The topological polar surface area (TPSA) is 46.5 Å². The molecule has 0 fully saturated rings. The van der Waals surface area contributed by atoms with E-state index in [4.69, 9.17) is 4.74 Å². The van der Waals surface area contributed by atoms with Gasteiger partial charge in [0.2, 0.25) is 0 Å². The lowest BCUT2D eigenvalue weighted by Crippen LogP contribution is -2.02. The Morgan fingerprint density at radius 3 is 2.44 bits per heavy atom. The smallest absolute Gasteiger partial charge is 0.163 e. The lowest BCUT2D eigenvalue weighted by Gasteiger charge is -2.10. The van der Waals surface area contributed by atoms with Crippen LogP contribution in [0.15, 0.2) is 42.2 Å². The number of ether oxygens (including phenoxy) is 1. The van der Waals surface area contributed by atoms with E-state index in [0.717, 1.165) is 16.9 Å². The van der Waals surface area contributed by atoms with Gasteiger partial charge in [0.05, 0.1) is 7.11 Å². The van der Waals surface area contributed by atoms with Gasteiger partial charge in [-0.3, -0.25) is 4.79 Å². The molecule has 1 aliphatic rings.